The van der Waals surface area contributed by atoms with Crippen LogP contribution in [0.25, 0.3) is 0 Å². The van der Waals surface area contributed by atoms with Crippen molar-refractivity contribution in [2.24, 2.45) is 0 Å². The highest BCUT2D eigenvalue weighted by Gasteiger charge is 2.16. The van der Waals surface area contributed by atoms with Crippen LogP contribution < -0.4 is 5.32 Å². The summed E-state index contributed by atoms with van der Waals surface area (Å²) in [6, 6.07) is 4.22. The summed E-state index contributed by atoms with van der Waals surface area (Å²) in [5.41, 5.74) is 0.182. The number of hydrogen-bond donors (Lipinski definition) is 1. The molecule has 0 fully saturated rings. The molecule has 0 spiro atoms. The molecule has 0 aliphatic heterocycles. The molecule has 0 unspecified atom stereocenters. The third-order valence-electron chi connectivity index (χ3n) is 2.03. The maximum Gasteiger partial charge on any atom is 0.342 e. The van der Waals surface area contributed by atoms with E-state index in [1.807, 2.05) is 0 Å². The number of benzene rings is 1. The highest BCUT2D eigenvalue weighted by Crippen LogP contribution is 2.19. The van der Waals surface area contributed by atoms with Crippen LogP contribution >= 0.6 is 0 Å². The van der Waals surface area contributed by atoms with E-state index in [1.165, 1.54) is 25.3 Å². The summed E-state index contributed by atoms with van der Waals surface area (Å²) in [7, 11) is 1.19. The molecular formula is C12H12FNO3. The summed E-state index contributed by atoms with van der Waals surface area (Å²) in [5.74, 6) is -1.40. The Hall–Kier alpha value is -2.17. The normalized spacial score (nSPS) is 10.2. The Morgan fingerprint density at radius 2 is 2.29 bits per heavy atom. The predicted molar refractivity (Wildman–Crippen MR) is 61.4 cm³/mol. The molecule has 1 rings (SSSR count). The van der Waals surface area contributed by atoms with Gasteiger partial charge in [-0.25, -0.2) is 9.18 Å². The maximum absolute atomic E-state index is 13.4. The lowest BCUT2D eigenvalue weighted by atomic mass is 10.1. The molecule has 0 radical (unpaired) electrons. The summed E-state index contributed by atoms with van der Waals surface area (Å²) < 4.78 is 17.9. The number of aldehydes is 1. The van der Waals surface area contributed by atoms with E-state index in [2.05, 4.69) is 10.1 Å². The largest absolute Gasteiger partial charge is 0.465 e. The fourth-order valence-electron chi connectivity index (χ4n) is 1.27. The van der Waals surface area contributed by atoms with Gasteiger partial charge in [-0.2, -0.15) is 0 Å². The molecule has 5 heteroatoms. The monoisotopic (exact) mass is 237 g/mol. The second kappa shape index (κ2) is 6.42. The number of carbonyl (C=O) groups is 2. The van der Waals surface area contributed by atoms with E-state index in [0.29, 0.717) is 18.5 Å². The number of rotatable bonds is 5. The first-order valence-corrected chi connectivity index (χ1v) is 4.91. The second-order valence-corrected chi connectivity index (χ2v) is 3.10. The van der Waals surface area contributed by atoms with Gasteiger partial charge in [0, 0.05) is 6.54 Å². The van der Waals surface area contributed by atoms with E-state index >= 15 is 0 Å². The first-order valence-electron chi connectivity index (χ1n) is 4.91. The van der Waals surface area contributed by atoms with Crippen LogP contribution in [0.2, 0.25) is 0 Å². The summed E-state index contributed by atoms with van der Waals surface area (Å²) in [5, 5.41) is 2.82. The van der Waals surface area contributed by atoms with Gasteiger partial charge in [0.15, 0.2) is 0 Å². The lowest BCUT2D eigenvalue weighted by Gasteiger charge is -2.09. The van der Waals surface area contributed by atoms with E-state index in [4.69, 9.17) is 0 Å². The first-order chi connectivity index (χ1) is 8.20. The zero-order chi connectivity index (χ0) is 12.7. The van der Waals surface area contributed by atoms with E-state index in [9.17, 15) is 14.0 Å². The highest BCUT2D eigenvalue weighted by molar-refractivity contribution is 5.95. The second-order valence-electron chi connectivity index (χ2n) is 3.10. The molecule has 0 aliphatic rings. The average molecular weight is 237 g/mol. The van der Waals surface area contributed by atoms with Crippen LogP contribution in [0, 0.1) is 5.82 Å². The highest BCUT2D eigenvalue weighted by atomic mass is 19.1. The van der Waals surface area contributed by atoms with Gasteiger partial charge in [-0.15, -0.1) is 0 Å². The van der Waals surface area contributed by atoms with Crippen LogP contribution in [0.5, 0.6) is 0 Å². The predicted octanol–water partition coefficient (Wildman–Crippen LogP) is 1.78. The van der Waals surface area contributed by atoms with Crippen molar-refractivity contribution in [1.29, 1.82) is 0 Å². The van der Waals surface area contributed by atoms with Crippen molar-refractivity contribution in [3.05, 3.63) is 41.7 Å². The van der Waals surface area contributed by atoms with E-state index < -0.39 is 11.8 Å². The zero-order valence-corrected chi connectivity index (χ0v) is 9.27. The van der Waals surface area contributed by atoms with Crippen molar-refractivity contribution in [1.82, 2.24) is 0 Å². The van der Waals surface area contributed by atoms with Crippen molar-refractivity contribution in [3.8, 4) is 0 Å². The summed E-state index contributed by atoms with van der Waals surface area (Å²) in [6.45, 7) is 0.312. The zero-order valence-electron chi connectivity index (χ0n) is 9.27. The Kier molecular flexibility index (Phi) is 4.87. The molecule has 0 bridgehead atoms. The Morgan fingerprint density at radius 3 is 2.94 bits per heavy atom. The summed E-state index contributed by atoms with van der Waals surface area (Å²) in [4.78, 5) is 21.4. The van der Waals surface area contributed by atoms with E-state index in [-0.39, 0.29) is 5.56 Å². The third-order valence-corrected chi connectivity index (χ3v) is 2.03. The number of carbonyl (C=O) groups excluding carboxylic acids is 2. The fourth-order valence-corrected chi connectivity index (χ4v) is 1.27. The van der Waals surface area contributed by atoms with Crippen molar-refractivity contribution >= 4 is 17.9 Å². The molecule has 4 nitrogen and oxygen atoms in total. The van der Waals surface area contributed by atoms with Gasteiger partial charge in [-0.3, -0.25) is 4.79 Å². The van der Waals surface area contributed by atoms with Crippen molar-refractivity contribution in [2.45, 2.75) is 0 Å². The molecule has 0 aliphatic carbocycles. The molecule has 0 saturated heterocycles. The van der Waals surface area contributed by atoms with Crippen LogP contribution in [0.15, 0.2) is 30.4 Å². The standard InChI is InChI=1S/C12H12FNO3/c1-17-12(16)11-9(13)5-4-6-10(11)14-7-2-3-8-15/h2-6,8,14H,7H2,1H3/b3-2-. The Labute approximate surface area is 98.1 Å². The lowest BCUT2D eigenvalue weighted by molar-refractivity contribution is -0.104. The van der Waals surface area contributed by atoms with Gasteiger partial charge >= 0.3 is 5.97 Å². The minimum Gasteiger partial charge on any atom is -0.465 e. The van der Waals surface area contributed by atoms with Crippen LogP contribution in [0.4, 0.5) is 10.1 Å². The van der Waals surface area contributed by atoms with Crippen LogP contribution in [-0.4, -0.2) is 25.9 Å². The molecule has 1 N–H and O–H groups in total. The first kappa shape index (κ1) is 12.9. The molecule has 0 heterocycles. The van der Waals surface area contributed by atoms with Crippen LogP contribution in [0.1, 0.15) is 10.4 Å². The van der Waals surface area contributed by atoms with Crippen molar-refractivity contribution in [3.63, 3.8) is 0 Å². The topological polar surface area (TPSA) is 55.4 Å². The summed E-state index contributed by atoms with van der Waals surface area (Å²) in [6.07, 6.45) is 3.50. The molecule has 0 saturated carbocycles. The molecule has 17 heavy (non-hydrogen) atoms. The van der Waals surface area contributed by atoms with Crippen molar-refractivity contribution in [2.75, 3.05) is 19.0 Å². The van der Waals surface area contributed by atoms with Gasteiger partial charge < -0.3 is 10.1 Å². The molecule has 90 valence electrons. The van der Waals surface area contributed by atoms with Crippen molar-refractivity contribution < 1.29 is 18.7 Å². The number of ether oxygens (including phenoxy) is 1. The minimum atomic E-state index is -0.745. The SMILES string of the molecule is COC(=O)c1c(F)cccc1NC/C=C\C=O. The quantitative estimate of drug-likeness (QED) is 0.482. The average Bonchev–Trinajstić information content (AvgIpc) is 2.34. The van der Waals surface area contributed by atoms with Gasteiger partial charge in [0.2, 0.25) is 0 Å². The Balaban J connectivity index is 2.90. The van der Waals surface area contributed by atoms with Crippen LogP contribution in [-0.2, 0) is 9.53 Å². The van der Waals surface area contributed by atoms with Gasteiger partial charge in [-0.05, 0) is 18.2 Å². The van der Waals surface area contributed by atoms with Gasteiger partial charge in [0.25, 0.3) is 0 Å². The van der Waals surface area contributed by atoms with Crippen LogP contribution in [0.3, 0.4) is 0 Å². The lowest BCUT2D eigenvalue weighted by Crippen LogP contribution is -2.10. The Morgan fingerprint density at radius 1 is 1.53 bits per heavy atom. The number of methoxy groups -OCH3 is 1. The maximum atomic E-state index is 13.4. The molecule has 0 atom stereocenters. The molecule has 0 aromatic heterocycles. The number of hydrogen-bond acceptors (Lipinski definition) is 4. The Bertz CT molecular complexity index is 443. The molecule has 1 aromatic rings. The number of esters is 1. The molecule has 1 aromatic carbocycles. The third kappa shape index (κ3) is 3.41. The molecule has 0 amide bonds. The van der Waals surface area contributed by atoms with Gasteiger partial charge in [0.1, 0.15) is 17.7 Å². The molecular weight excluding hydrogens is 225 g/mol. The minimum absolute atomic E-state index is 0.144. The van der Waals surface area contributed by atoms with Gasteiger partial charge in [0.05, 0.1) is 12.8 Å². The summed E-state index contributed by atoms with van der Waals surface area (Å²) >= 11 is 0. The van der Waals surface area contributed by atoms with Gasteiger partial charge in [-0.1, -0.05) is 12.1 Å². The number of allylic oxidation sites excluding steroid dienone is 1. The number of anilines is 1. The number of halogens is 1. The van der Waals surface area contributed by atoms with E-state index in [1.54, 1.807) is 12.1 Å². The van der Waals surface area contributed by atoms with E-state index in [0.717, 1.165) is 0 Å². The fraction of sp³-hybridized carbons (Fsp3) is 0.167. The number of nitrogens with one attached hydrogen (secondary N) is 1. The smallest absolute Gasteiger partial charge is 0.342 e.